The van der Waals surface area contributed by atoms with Crippen molar-refractivity contribution >= 4 is 21.7 Å². The Morgan fingerprint density at radius 1 is 1.50 bits per heavy atom. The summed E-state index contributed by atoms with van der Waals surface area (Å²) in [4.78, 5) is 7.43. The first-order valence-corrected chi connectivity index (χ1v) is 7.60. The summed E-state index contributed by atoms with van der Waals surface area (Å²) in [5.74, 6) is 2.69. The molecule has 1 atom stereocenters. The van der Waals surface area contributed by atoms with Gasteiger partial charge in [0.1, 0.15) is 0 Å². The van der Waals surface area contributed by atoms with Gasteiger partial charge in [0.05, 0.1) is 6.61 Å². The third-order valence-electron chi connectivity index (χ3n) is 3.54. The van der Waals surface area contributed by atoms with Gasteiger partial charge in [-0.2, -0.15) is 0 Å². The summed E-state index contributed by atoms with van der Waals surface area (Å²) < 4.78 is 5.65. The third kappa shape index (κ3) is 3.16. The summed E-state index contributed by atoms with van der Waals surface area (Å²) in [6, 6.07) is 3.94. The van der Waals surface area contributed by atoms with Crippen LogP contribution < -0.4 is 9.64 Å². The van der Waals surface area contributed by atoms with Crippen LogP contribution in [0.5, 0.6) is 5.75 Å². The number of anilines is 1. The van der Waals surface area contributed by atoms with E-state index in [0.717, 1.165) is 30.6 Å². The molecule has 1 unspecified atom stereocenters. The van der Waals surface area contributed by atoms with Crippen molar-refractivity contribution in [2.24, 2.45) is 5.92 Å². The highest BCUT2D eigenvalue weighted by molar-refractivity contribution is 9.09. The van der Waals surface area contributed by atoms with Gasteiger partial charge in [-0.25, -0.2) is 4.98 Å². The molecule has 0 aliphatic carbocycles. The first-order valence-electron chi connectivity index (χ1n) is 6.69. The van der Waals surface area contributed by atoms with E-state index in [1.54, 1.807) is 0 Å². The van der Waals surface area contributed by atoms with Gasteiger partial charge in [-0.1, -0.05) is 22.9 Å². The number of halogens is 1. The van der Waals surface area contributed by atoms with Gasteiger partial charge in [0.25, 0.3) is 0 Å². The van der Waals surface area contributed by atoms with E-state index in [4.69, 9.17) is 4.74 Å². The van der Waals surface area contributed by atoms with Crippen LogP contribution in [-0.2, 0) is 0 Å². The number of pyridine rings is 1. The van der Waals surface area contributed by atoms with E-state index in [9.17, 15) is 0 Å². The average molecular weight is 313 g/mol. The molecule has 1 aliphatic rings. The highest BCUT2D eigenvalue weighted by Crippen LogP contribution is 2.31. The molecule has 0 aromatic carbocycles. The quantitative estimate of drug-likeness (QED) is 0.796. The van der Waals surface area contributed by atoms with E-state index in [2.05, 4.69) is 32.7 Å². The van der Waals surface area contributed by atoms with Crippen LogP contribution in [0.25, 0.3) is 0 Å². The van der Waals surface area contributed by atoms with Crippen LogP contribution in [0.3, 0.4) is 0 Å². The summed E-state index contributed by atoms with van der Waals surface area (Å²) in [7, 11) is 0. The largest absolute Gasteiger partial charge is 0.490 e. The van der Waals surface area contributed by atoms with E-state index in [-0.39, 0.29) is 0 Å². The van der Waals surface area contributed by atoms with Crippen molar-refractivity contribution < 1.29 is 4.74 Å². The molecule has 2 rings (SSSR count). The Hall–Kier alpha value is -0.770. The lowest BCUT2D eigenvalue weighted by atomic mass is 9.94. The molecule has 0 saturated carbocycles. The molecule has 0 bridgehead atoms. The molecule has 0 radical (unpaired) electrons. The van der Waals surface area contributed by atoms with Gasteiger partial charge in [-0.05, 0) is 37.8 Å². The van der Waals surface area contributed by atoms with Gasteiger partial charge < -0.3 is 9.64 Å². The predicted octanol–water partition coefficient (Wildman–Crippen LogP) is 3.48. The smallest absolute Gasteiger partial charge is 0.171 e. The normalized spacial score (nSPS) is 18.7. The van der Waals surface area contributed by atoms with Gasteiger partial charge in [-0.3, -0.25) is 0 Å². The summed E-state index contributed by atoms with van der Waals surface area (Å²) in [5, 5.41) is 0. The maximum absolute atomic E-state index is 5.65. The fraction of sp³-hybridized carbons (Fsp3) is 0.643. The summed E-state index contributed by atoms with van der Waals surface area (Å²) >= 11 is 3.69. The summed E-state index contributed by atoms with van der Waals surface area (Å²) in [6.07, 6.45) is 4.28. The second kappa shape index (κ2) is 6.41. The second-order valence-electron chi connectivity index (χ2n) is 4.76. The average Bonchev–Trinajstić information content (AvgIpc) is 2.40. The van der Waals surface area contributed by atoms with Crippen LogP contribution in [0.15, 0.2) is 18.3 Å². The molecule has 0 N–H and O–H groups in total. The van der Waals surface area contributed by atoms with E-state index in [1.165, 1.54) is 12.8 Å². The topological polar surface area (TPSA) is 25.4 Å². The SMILES string of the molecule is CCOc1cccnc1N1CCC(C(C)Br)CC1. The molecule has 1 aromatic rings. The Morgan fingerprint density at radius 3 is 2.83 bits per heavy atom. The number of aromatic nitrogens is 1. The molecular formula is C14H21BrN2O. The van der Waals surface area contributed by atoms with Gasteiger partial charge in [0, 0.05) is 24.1 Å². The number of piperidine rings is 1. The number of nitrogens with zero attached hydrogens (tertiary/aromatic N) is 2. The number of rotatable bonds is 4. The zero-order valence-electron chi connectivity index (χ0n) is 11.1. The van der Waals surface area contributed by atoms with Crippen LogP contribution in [0.4, 0.5) is 5.82 Å². The predicted molar refractivity (Wildman–Crippen MR) is 78.7 cm³/mol. The minimum atomic E-state index is 0.606. The maximum atomic E-state index is 5.65. The molecule has 100 valence electrons. The number of alkyl halides is 1. The van der Waals surface area contributed by atoms with Gasteiger partial charge in [0.2, 0.25) is 0 Å². The van der Waals surface area contributed by atoms with Crippen molar-refractivity contribution in [3.63, 3.8) is 0 Å². The molecule has 0 amide bonds. The van der Waals surface area contributed by atoms with Crippen molar-refractivity contribution in [2.75, 3.05) is 24.6 Å². The van der Waals surface area contributed by atoms with E-state index < -0.39 is 0 Å². The molecule has 0 spiro atoms. The lowest BCUT2D eigenvalue weighted by Crippen LogP contribution is -2.36. The van der Waals surface area contributed by atoms with Gasteiger partial charge in [0.15, 0.2) is 11.6 Å². The van der Waals surface area contributed by atoms with Crippen LogP contribution in [0.2, 0.25) is 0 Å². The van der Waals surface area contributed by atoms with Crippen molar-refractivity contribution in [1.29, 1.82) is 0 Å². The van der Waals surface area contributed by atoms with Crippen LogP contribution in [0, 0.1) is 5.92 Å². The fourth-order valence-corrected chi connectivity index (χ4v) is 2.99. The van der Waals surface area contributed by atoms with Gasteiger partial charge >= 0.3 is 0 Å². The Morgan fingerprint density at radius 2 is 2.22 bits per heavy atom. The van der Waals surface area contributed by atoms with E-state index in [0.29, 0.717) is 11.4 Å². The van der Waals surface area contributed by atoms with Gasteiger partial charge in [-0.15, -0.1) is 0 Å². The lowest BCUT2D eigenvalue weighted by molar-refractivity contribution is 0.335. The fourth-order valence-electron chi connectivity index (χ4n) is 2.46. The summed E-state index contributed by atoms with van der Waals surface area (Å²) in [6.45, 7) is 7.07. The lowest BCUT2D eigenvalue weighted by Gasteiger charge is -2.34. The third-order valence-corrected chi connectivity index (χ3v) is 4.29. The molecule has 3 nitrogen and oxygen atoms in total. The van der Waals surface area contributed by atoms with E-state index >= 15 is 0 Å². The Kier molecular flexibility index (Phi) is 4.87. The molecule has 1 aromatic heterocycles. The molecule has 18 heavy (non-hydrogen) atoms. The zero-order chi connectivity index (χ0) is 13.0. The molecule has 2 heterocycles. The zero-order valence-corrected chi connectivity index (χ0v) is 12.7. The van der Waals surface area contributed by atoms with Crippen LogP contribution in [-0.4, -0.2) is 29.5 Å². The Bertz CT molecular complexity index is 376. The van der Waals surface area contributed by atoms with Crippen LogP contribution >= 0.6 is 15.9 Å². The minimum absolute atomic E-state index is 0.606. The molecule has 4 heteroatoms. The standard InChI is InChI=1S/C14H21BrN2O/c1-3-18-13-5-4-8-16-14(13)17-9-6-12(7-10-17)11(2)15/h4-5,8,11-12H,3,6-7,9-10H2,1-2H3. The number of hydrogen-bond donors (Lipinski definition) is 0. The van der Waals surface area contributed by atoms with Crippen molar-refractivity contribution in [3.8, 4) is 5.75 Å². The highest BCUT2D eigenvalue weighted by Gasteiger charge is 2.24. The molecular weight excluding hydrogens is 292 g/mol. The minimum Gasteiger partial charge on any atom is -0.490 e. The second-order valence-corrected chi connectivity index (χ2v) is 6.20. The maximum Gasteiger partial charge on any atom is 0.171 e. The van der Waals surface area contributed by atoms with Crippen molar-refractivity contribution in [3.05, 3.63) is 18.3 Å². The molecule has 1 saturated heterocycles. The highest BCUT2D eigenvalue weighted by atomic mass is 79.9. The number of hydrogen-bond acceptors (Lipinski definition) is 3. The first-order chi connectivity index (χ1) is 8.72. The van der Waals surface area contributed by atoms with Crippen molar-refractivity contribution in [2.45, 2.75) is 31.5 Å². The Balaban J connectivity index is 2.05. The molecule has 1 fully saturated rings. The van der Waals surface area contributed by atoms with Crippen LogP contribution in [0.1, 0.15) is 26.7 Å². The van der Waals surface area contributed by atoms with Crippen molar-refractivity contribution in [1.82, 2.24) is 4.98 Å². The van der Waals surface area contributed by atoms with E-state index in [1.807, 2.05) is 25.3 Å². The Labute approximate surface area is 118 Å². The monoisotopic (exact) mass is 312 g/mol. The molecule has 1 aliphatic heterocycles. The number of ether oxygens (including phenoxy) is 1. The summed E-state index contributed by atoms with van der Waals surface area (Å²) in [5.41, 5.74) is 0. The first kappa shape index (κ1) is 13.7.